The van der Waals surface area contributed by atoms with Gasteiger partial charge in [0.25, 0.3) is 0 Å². The number of amides is 1. The Balaban J connectivity index is 0.00000200. The number of carbonyl (C=O) groups excluding carboxylic acids is 1. The number of halogens is 1. The largest absolute Gasteiger partial charge is 0.341 e. The Kier molecular flexibility index (Phi) is 6.37. The maximum atomic E-state index is 12.2. The van der Waals surface area contributed by atoms with E-state index in [0.29, 0.717) is 5.75 Å². The van der Waals surface area contributed by atoms with Gasteiger partial charge in [0.15, 0.2) is 0 Å². The third kappa shape index (κ3) is 4.40. The lowest BCUT2D eigenvalue weighted by molar-refractivity contribution is -0.131. The minimum Gasteiger partial charge on any atom is -0.341 e. The van der Waals surface area contributed by atoms with Crippen molar-refractivity contribution in [2.45, 2.75) is 31.2 Å². The van der Waals surface area contributed by atoms with E-state index < -0.39 is 0 Å². The van der Waals surface area contributed by atoms with E-state index >= 15 is 0 Å². The monoisotopic (exact) mass is 314 g/mol. The Hall–Kier alpha value is -0.710. The zero-order chi connectivity index (χ0) is 13.9. The number of hydrogen-bond acceptors (Lipinski definition) is 3. The molecule has 3 nitrogen and oxygen atoms in total. The Bertz CT molecular complexity index is 439. The van der Waals surface area contributed by atoms with E-state index in [9.17, 15) is 4.79 Å². The number of thioether (sulfide) groups is 1. The van der Waals surface area contributed by atoms with E-state index in [1.165, 1.54) is 0 Å². The lowest BCUT2D eigenvalue weighted by Gasteiger charge is -2.42. The zero-order valence-corrected chi connectivity index (χ0v) is 13.7. The molecule has 1 heterocycles. The van der Waals surface area contributed by atoms with Gasteiger partial charge in [0.05, 0.1) is 5.75 Å². The van der Waals surface area contributed by atoms with Crippen LogP contribution >= 0.6 is 24.2 Å². The summed E-state index contributed by atoms with van der Waals surface area (Å²) in [6.07, 6.45) is 0.898. The highest BCUT2D eigenvalue weighted by Gasteiger charge is 2.35. The number of carbonyl (C=O) groups is 1. The number of piperidine rings is 1. The third-order valence-electron chi connectivity index (χ3n) is 3.77. The van der Waals surface area contributed by atoms with Crippen molar-refractivity contribution in [1.29, 1.82) is 0 Å². The fourth-order valence-electron chi connectivity index (χ4n) is 2.34. The quantitative estimate of drug-likeness (QED) is 0.873. The zero-order valence-electron chi connectivity index (χ0n) is 12.0. The van der Waals surface area contributed by atoms with Gasteiger partial charge in [0, 0.05) is 24.0 Å². The molecule has 1 aromatic rings. The first-order valence-electron chi connectivity index (χ1n) is 6.70. The highest BCUT2D eigenvalue weighted by Crippen LogP contribution is 2.28. The van der Waals surface area contributed by atoms with Gasteiger partial charge in [-0.25, -0.2) is 0 Å². The number of benzene rings is 1. The Morgan fingerprint density at radius 3 is 2.65 bits per heavy atom. The van der Waals surface area contributed by atoms with Crippen molar-refractivity contribution in [2.75, 3.05) is 18.8 Å². The highest BCUT2D eigenvalue weighted by atomic mass is 35.5. The predicted molar refractivity (Wildman–Crippen MR) is 87.4 cm³/mol. The van der Waals surface area contributed by atoms with E-state index in [-0.39, 0.29) is 29.8 Å². The van der Waals surface area contributed by atoms with Crippen LogP contribution in [0.1, 0.15) is 20.3 Å². The lowest BCUT2D eigenvalue weighted by Crippen LogP contribution is -2.54. The van der Waals surface area contributed by atoms with Crippen LogP contribution in [0.3, 0.4) is 0 Å². The number of likely N-dealkylation sites (tertiary alicyclic amines) is 1. The molecule has 5 heteroatoms. The molecule has 0 bridgehead atoms. The molecule has 1 fully saturated rings. The molecule has 1 atom stereocenters. The second kappa shape index (κ2) is 7.34. The van der Waals surface area contributed by atoms with Crippen LogP contribution in [-0.2, 0) is 4.79 Å². The van der Waals surface area contributed by atoms with Crippen LogP contribution in [0.2, 0.25) is 0 Å². The average Bonchev–Trinajstić information content (AvgIpc) is 2.40. The topological polar surface area (TPSA) is 46.3 Å². The fourth-order valence-corrected chi connectivity index (χ4v) is 3.16. The summed E-state index contributed by atoms with van der Waals surface area (Å²) in [6.45, 7) is 5.84. The van der Waals surface area contributed by atoms with Crippen molar-refractivity contribution in [3.8, 4) is 0 Å². The molecular weight excluding hydrogens is 292 g/mol. The van der Waals surface area contributed by atoms with Gasteiger partial charge in [0.1, 0.15) is 0 Å². The van der Waals surface area contributed by atoms with Crippen LogP contribution in [0.5, 0.6) is 0 Å². The summed E-state index contributed by atoms with van der Waals surface area (Å²) in [6, 6.07) is 10.2. The molecule has 0 aliphatic carbocycles. The number of rotatable bonds is 3. The smallest absolute Gasteiger partial charge is 0.232 e. The first-order chi connectivity index (χ1) is 8.99. The molecule has 0 spiro atoms. The summed E-state index contributed by atoms with van der Waals surface area (Å²) in [4.78, 5) is 15.3. The third-order valence-corrected chi connectivity index (χ3v) is 4.77. The van der Waals surface area contributed by atoms with E-state index in [1.807, 2.05) is 35.2 Å². The van der Waals surface area contributed by atoms with Gasteiger partial charge in [-0.2, -0.15) is 0 Å². The molecule has 1 aliphatic heterocycles. The number of nitrogens with zero attached hydrogens (tertiary/aromatic N) is 1. The molecule has 2 N–H and O–H groups in total. The molecule has 1 aromatic carbocycles. The maximum Gasteiger partial charge on any atom is 0.232 e. The van der Waals surface area contributed by atoms with Crippen LogP contribution in [0.4, 0.5) is 0 Å². The van der Waals surface area contributed by atoms with E-state index in [4.69, 9.17) is 5.73 Å². The molecule has 0 saturated carbocycles. The second-order valence-electron chi connectivity index (χ2n) is 5.80. The van der Waals surface area contributed by atoms with Crippen LogP contribution in [0, 0.1) is 5.41 Å². The molecule has 2 rings (SSSR count). The van der Waals surface area contributed by atoms with Crippen LogP contribution in [0.15, 0.2) is 35.2 Å². The fraction of sp³-hybridized carbons (Fsp3) is 0.533. The van der Waals surface area contributed by atoms with Crippen molar-refractivity contribution in [1.82, 2.24) is 4.90 Å². The van der Waals surface area contributed by atoms with Crippen molar-refractivity contribution < 1.29 is 4.79 Å². The van der Waals surface area contributed by atoms with Crippen molar-refractivity contribution in [3.05, 3.63) is 30.3 Å². The summed E-state index contributed by atoms with van der Waals surface area (Å²) in [5, 5.41) is 0. The first-order valence-corrected chi connectivity index (χ1v) is 7.69. The molecule has 1 unspecified atom stereocenters. The molecule has 0 aromatic heterocycles. The second-order valence-corrected chi connectivity index (χ2v) is 6.85. The Morgan fingerprint density at radius 2 is 2.05 bits per heavy atom. The van der Waals surface area contributed by atoms with Gasteiger partial charge in [-0.15, -0.1) is 24.2 Å². The first kappa shape index (κ1) is 17.3. The van der Waals surface area contributed by atoms with Gasteiger partial charge < -0.3 is 10.6 Å². The standard InChI is InChI=1S/C15H22N2OS.ClH/c1-15(2)11-17(9-8-13(15)16)14(18)10-19-12-6-4-3-5-7-12;/h3-7,13H,8-11,16H2,1-2H3;1H. The predicted octanol–water partition coefficient (Wildman–Crippen LogP) is 2.79. The van der Waals surface area contributed by atoms with Gasteiger partial charge in [0.2, 0.25) is 5.91 Å². The van der Waals surface area contributed by atoms with Crippen molar-refractivity contribution >= 4 is 30.1 Å². The lowest BCUT2D eigenvalue weighted by atomic mass is 9.80. The van der Waals surface area contributed by atoms with Crippen LogP contribution in [-0.4, -0.2) is 35.7 Å². The number of nitrogens with two attached hydrogens (primary N) is 1. The molecule has 20 heavy (non-hydrogen) atoms. The van der Waals surface area contributed by atoms with Gasteiger partial charge >= 0.3 is 0 Å². The normalized spacial score (nSPS) is 21.1. The van der Waals surface area contributed by atoms with Gasteiger partial charge in [-0.3, -0.25) is 4.79 Å². The Labute approximate surface area is 131 Å². The minimum atomic E-state index is 0. The van der Waals surface area contributed by atoms with E-state index in [2.05, 4.69) is 13.8 Å². The SMILES string of the molecule is CC1(C)CN(C(=O)CSc2ccccc2)CCC1N.Cl. The summed E-state index contributed by atoms with van der Waals surface area (Å²) < 4.78 is 0. The van der Waals surface area contributed by atoms with E-state index in [1.54, 1.807) is 11.8 Å². The number of hydrogen-bond donors (Lipinski definition) is 1. The van der Waals surface area contributed by atoms with E-state index in [0.717, 1.165) is 24.4 Å². The highest BCUT2D eigenvalue weighted by molar-refractivity contribution is 8.00. The van der Waals surface area contributed by atoms with Gasteiger partial charge in [-0.1, -0.05) is 32.0 Å². The summed E-state index contributed by atoms with van der Waals surface area (Å²) >= 11 is 1.60. The summed E-state index contributed by atoms with van der Waals surface area (Å²) in [5.74, 6) is 0.726. The van der Waals surface area contributed by atoms with Gasteiger partial charge in [-0.05, 0) is 24.0 Å². The molecule has 1 saturated heterocycles. The summed E-state index contributed by atoms with van der Waals surface area (Å²) in [5.41, 5.74) is 6.12. The summed E-state index contributed by atoms with van der Waals surface area (Å²) in [7, 11) is 0. The molecular formula is C15H23ClN2OS. The van der Waals surface area contributed by atoms with Crippen LogP contribution in [0.25, 0.3) is 0 Å². The molecule has 1 amide bonds. The maximum absolute atomic E-state index is 12.2. The van der Waals surface area contributed by atoms with Crippen molar-refractivity contribution in [3.63, 3.8) is 0 Å². The van der Waals surface area contributed by atoms with Crippen molar-refractivity contribution in [2.24, 2.45) is 11.1 Å². The molecule has 112 valence electrons. The molecule has 1 aliphatic rings. The minimum absolute atomic E-state index is 0. The Morgan fingerprint density at radius 1 is 1.40 bits per heavy atom. The van der Waals surface area contributed by atoms with Crippen LogP contribution < -0.4 is 5.73 Å². The average molecular weight is 315 g/mol. The molecule has 0 radical (unpaired) electrons.